The lowest BCUT2D eigenvalue weighted by Gasteiger charge is -2.21. The minimum absolute atomic E-state index is 0.155. The number of aromatic nitrogens is 1. The van der Waals surface area contributed by atoms with Crippen molar-refractivity contribution in [3.8, 4) is 10.4 Å². The van der Waals surface area contributed by atoms with Crippen molar-refractivity contribution in [3.05, 3.63) is 61.9 Å². The van der Waals surface area contributed by atoms with Crippen molar-refractivity contribution >= 4 is 22.8 Å². The summed E-state index contributed by atoms with van der Waals surface area (Å²) in [6.45, 7) is 3.32. The Morgan fingerprint density at radius 3 is 2.79 bits per heavy atom. The number of thiophene rings is 1. The standard InChI is InChI=1S/C22H22N2O4S/c1-11-13(18-8-15-17(23-2)9-28-10-19(15)29-18)5-6-24-20(11)14(12-3-4-12)7-16(21(24)25)22(26)27/h5-8,12,17,23H,3-4,9-10H2,1-2H3,(H,26,27). The molecule has 1 unspecified atom stereocenters. The Morgan fingerprint density at radius 1 is 1.31 bits per heavy atom. The van der Waals surface area contributed by atoms with E-state index in [1.54, 1.807) is 23.6 Å². The largest absolute Gasteiger partial charge is 0.477 e. The number of aromatic carboxylic acids is 1. The number of hydrogen-bond acceptors (Lipinski definition) is 5. The molecule has 1 aliphatic carbocycles. The normalized spacial score (nSPS) is 18.8. The molecule has 29 heavy (non-hydrogen) atoms. The van der Waals surface area contributed by atoms with Crippen LogP contribution in [0.3, 0.4) is 0 Å². The molecular weight excluding hydrogens is 388 g/mol. The summed E-state index contributed by atoms with van der Waals surface area (Å²) in [5.41, 5.74) is 4.58. The average Bonchev–Trinajstić information content (AvgIpc) is 3.46. The number of nitrogens with zero attached hydrogens (tertiary/aromatic N) is 1. The lowest BCUT2D eigenvalue weighted by Crippen LogP contribution is -2.25. The van der Waals surface area contributed by atoms with Crippen LogP contribution in [-0.4, -0.2) is 29.1 Å². The number of likely N-dealkylation sites (N-methyl/N-ethyl adjacent to an activating group) is 1. The lowest BCUT2D eigenvalue weighted by atomic mass is 9.99. The Bertz CT molecular complexity index is 1210. The van der Waals surface area contributed by atoms with Crippen molar-refractivity contribution < 1.29 is 14.6 Å². The fourth-order valence-electron chi connectivity index (χ4n) is 4.30. The summed E-state index contributed by atoms with van der Waals surface area (Å²) in [5.74, 6) is -0.840. The van der Waals surface area contributed by atoms with Crippen LogP contribution in [0, 0.1) is 6.92 Å². The zero-order chi connectivity index (χ0) is 20.3. The molecule has 0 spiro atoms. The molecule has 0 bridgehead atoms. The number of aryl methyl sites for hydroxylation is 1. The molecule has 3 aromatic heterocycles. The molecule has 1 aliphatic heterocycles. The molecule has 3 aromatic rings. The van der Waals surface area contributed by atoms with Crippen LogP contribution in [-0.2, 0) is 11.3 Å². The van der Waals surface area contributed by atoms with E-state index in [1.165, 1.54) is 14.8 Å². The van der Waals surface area contributed by atoms with Crippen LogP contribution < -0.4 is 10.9 Å². The summed E-state index contributed by atoms with van der Waals surface area (Å²) in [4.78, 5) is 26.7. The van der Waals surface area contributed by atoms with Crippen LogP contribution in [0.15, 0.2) is 29.2 Å². The lowest BCUT2D eigenvalue weighted by molar-refractivity contribution is 0.0694. The Balaban J connectivity index is 1.73. The van der Waals surface area contributed by atoms with Gasteiger partial charge < -0.3 is 15.2 Å². The monoisotopic (exact) mass is 410 g/mol. The molecule has 7 heteroatoms. The second kappa shape index (κ2) is 6.79. The first-order valence-corrected chi connectivity index (χ1v) is 10.6. The summed E-state index contributed by atoms with van der Waals surface area (Å²) in [6.07, 6.45) is 3.79. The Labute approximate surface area is 171 Å². The van der Waals surface area contributed by atoms with Gasteiger partial charge in [0, 0.05) is 16.0 Å². The van der Waals surface area contributed by atoms with Gasteiger partial charge in [0.05, 0.1) is 24.8 Å². The first kappa shape index (κ1) is 18.5. The Kier molecular flexibility index (Phi) is 4.34. The van der Waals surface area contributed by atoms with Crippen molar-refractivity contribution in [1.82, 2.24) is 9.72 Å². The highest BCUT2D eigenvalue weighted by molar-refractivity contribution is 7.15. The van der Waals surface area contributed by atoms with Crippen LogP contribution in [0.1, 0.15) is 56.7 Å². The molecule has 4 heterocycles. The minimum atomic E-state index is -1.17. The van der Waals surface area contributed by atoms with Gasteiger partial charge in [-0.2, -0.15) is 0 Å². The second-order valence-corrected chi connectivity index (χ2v) is 8.95. The van der Waals surface area contributed by atoms with E-state index < -0.39 is 11.5 Å². The van der Waals surface area contributed by atoms with Crippen LogP contribution in [0.25, 0.3) is 16.0 Å². The van der Waals surface area contributed by atoms with Crippen molar-refractivity contribution in [2.45, 2.75) is 38.3 Å². The minimum Gasteiger partial charge on any atom is -0.477 e. The van der Waals surface area contributed by atoms with Gasteiger partial charge in [-0.3, -0.25) is 9.20 Å². The molecular formula is C22H22N2O4S. The summed E-state index contributed by atoms with van der Waals surface area (Å²) < 4.78 is 7.22. The molecule has 1 fully saturated rings. The summed E-state index contributed by atoms with van der Waals surface area (Å²) in [6, 6.07) is 5.94. The molecule has 2 aliphatic rings. The van der Waals surface area contributed by atoms with E-state index in [9.17, 15) is 14.7 Å². The van der Waals surface area contributed by atoms with Gasteiger partial charge in [0.1, 0.15) is 5.56 Å². The number of carboxylic acid groups (broad SMARTS) is 1. The molecule has 5 rings (SSSR count). The van der Waals surface area contributed by atoms with Crippen LogP contribution >= 0.6 is 11.3 Å². The van der Waals surface area contributed by atoms with Crippen molar-refractivity contribution in [2.24, 2.45) is 0 Å². The highest BCUT2D eigenvalue weighted by Gasteiger charge is 2.30. The molecule has 0 radical (unpaired) electrons. The third kappa shape index (κ3) is 2.92. The van der Waals surface area contributed by atoms with Crippen LogP contribution in [0.4, 0.5) is 0 Å². The fourth-order valence-corrected chi connectivity index (χ4v) is 5.55. The fraction of sp³-hybridized carbons (Fsp3) is 0.364. The predicted molar refractivity (Wildman–Crippen MR) is 112 cm³/mol. The van der Waals surface area contributed by atoms with E-state index in [-0.39, 0.29) is 11.6 Å². The van der Waals surface area contributed by atoms with Gasteiger partial charge in [-0.05, 0) is 73.2 Å². The molecule has 6 nitrogen and oxygen atoms in total. The van der Waals surface area contributed by atoms with E-state index in [1.807, 2.05) is 20.0 Å². The molecule has 2 N–H and O–H groups in total. The second-order valence-electron chi connectivity index (χ2n) is 7.82. The zero-order valence-corrected chi connectivity index (χ0v) is 17.1. The maximum Gasteiger partial charge on any atom is 0.341 e. The van der Waals surface area contributed by atoms with Gasteiger partial charge in [0.15, 0.2) is 0 Å². The molecule has 0 amide bonds. The van der Waals surface area contributed by atoms with E-state index in [4.69, 9.17) is 4.74 Å². The summed E-state index contributed by atoms with van der Waals surface area (Å²) >= 11 is 1.73. The highest BCUT2D eigenvalue weighted by atomic mass is 32.1. The number of nitrogens with one attached hydrogen (secondary N) is 1. The molecule has 1 saturated carbocycles. The summed E-state index contributed by atoms with van der Waals surface area (Å²) in [5, 5.41) is 12.8. The number of ether oxygens (including phenoxy) is 1. The topological polar surface area (TPSA) is 80.0 Å². The van der Waals surface area contributed by atoms with Crippen LogP contribution in [0.2, 0.25) is 0 Å². The number of hydrogen-bond donors (Lipinski definition) is 2. The predicted octanol–water partition coefficient (Wildman–Crippen LogP) is 3.70. The van der Waals surface area contributed by atoms with Crippen LogP contribution in [0.5, 0.6) is 0 Å². The zero-order valence-electron chi connectivity index (χ0n) is 16.3. The van der Waals surface area contributed by atoms with E-state index in [0.29, 0.717) is 19.1 Å². The third-order valence-corrected chi connectivity index (χ3v) is 7.17. The summed E-state index contributed by atoms with van der Waals surface area (Å²) in [7, 11) is 1.94. The maximum absolute atomic E-state index is 12.8. The quantitative estimate of drug-likeness (QED) is 0.686. The van der Waals surface area contributed by atoms with E-state index in [2.05, 4.69) is 11.4 Å². The van der Waals surface area contributed by atoms with Gasteiger partial charge in [-0.25, -0.2) is 4.79 Å². The number of carboxylic acids is 1. The highest BCUT2D eigenvalue weighted by Crippen LogP contribution is 2.44. The first-order chi connectivity index (χ1) is 14.0. The third-order valence-electron chi connectivity index (χ3n) is 6.01. The van der Waals surface area contributed by atoms with Gasteiger partial charge in [0.25, 0.3) is 5.56 Å². The maximum atomic E-state index is 12.8. The van der Waals surface area contributed by atoms with Gasteiger partial charge in [-0.1, -0.05) is 0 Å². The number of rotatable bonds is 4. The van der Waals surface area contributed by atoms with Gasteiger partial charge in [0.2, 0.25) is 0 Å². The number of carbonyl (C=O) groups is 1. The van der Waals surface area contributed by atoms with Crippen molar-refractivity contribution in [2.75, 3.05) is 13.7 Å². The SMILES string of the molecule is CNC1COCc2sc(-c3ccn4c(=O)c(C(=O)O)cc(C5CC5)c4c3C)cc21. The van der Waals surface area contributed by atoms with E-state index in [0.717, 1.165) is 39.9 Å². The molecule has 0 aromatic carbocycles. The molecule has 150 valence electrons. The number of fused-ring (bicyclic) bond motifs is 2. The smallest absolute Gasteiger partial charge is 0.341 e. The number of pyridine rings is 2. The van der Waals surface area contributed by atoms with E-state index >= 15 is 0 Å². The molecule has 0 saturated heterocycles. The van der Waals surface area contributed by atoms with Gasteiger partial charge in [-0.15, -0.1) is 11.3 Å². The Morgan fingerprint density at radius 2 is 2.10 bits per heavy atom. The van der Waals surface area contributed by atoms with Gasteiger partial charge >= 0.3 is 5.97 Å². The van der Waals surface area contributed by atoms with Crippen molar-refractivity contribution in [1.29, 1.82) is 0 Å². The molecule has 1 atom stereocenters. The first-order valence-electron chi connectivity index (χ1n) is 9.79. The Hall–Kier alpha value is -2.48. The van der Waals surface area contributed by atoms with Crippen molar-refractivity contribution in [3.63, 3.8) is 0 Å². The average molecular weight is 410 g/mol.